The molecule has 3 aromatic rings. The Kier molecular flexibility index (Phi) is 5.39. The minimum Gasteiger partial charge on any atom is -0.321 e. The fourth-order valence-corrected chi connectivity index (χ4v) is 3.33. The van der Waals surface area contributed by atoms with Gasteiger partial charge in [0.2, 0.25) is 5.91 Å². The Bertz CT molecular complexity index is 1050. The summed E-state index contributed by atoms with van der Waals surface area (Å²) in [6, 6.07) is 13.1. The van der Waals surface area contributed by atoms with Crippen LogP contribution >= 0.6 is 11.5 Å². The van der Waals surface area contributed by atoms with Crippen molar-refractivity contribution in [1.82, 2.24) is 14.6 Å². The Balaban J connectivity index is 1.44. The Morgan fingerprint density at radius 1 is 1.10 bits per heavy atom. The average molecular weight is 409 g/mol. The van der Waals surface area contributed by atoms with E-state index >= 15 is 0 Å². The number of hydrogen-bond acceptors (Lipinski definition) is 6. The molecule has 0 spiro atoms. The van der Waals surface area contributed by atoms with Gasteiger partial charge in [0.1, 0.15) is 17.2 Å². The van der Waals surface area contributed by atoms with E-state index in [1.165, 1.54) is 28.7 Å². The van der Waals surface area contributed by atoms with Gasteiger partial charge in [-0.25, -0.2) is 9.40 Å². The number of halogens is 1. The highest BCUT2D eigenvalue weighted by Gasteiger charge is 2.24. The number of carbonyl (C=O) groups is 2. The van der Waals surface area contributed by atoms with Crippen LogP contribution in [0.4, 0.5) is 10.1 Å². The standard InChI is InChI=1S/C20H16FN5O2S/c21-15-5-1-13(2-6-15)11-26-19(27)10-9-17(24-26)20(28)22-16-7-3-14(4-8-16)18-12-29-25-23-18/h1-8,12H,9-11H2,(H,22,28). The number of hydrazone groups is 1. The Labute approximate surface area is 170 Å². The molecule has 0 atom stereocenters. The third-order valence-electron chi connectivity index (χ3n) is 4.41. The zero-order valence-electron chi connectivity index (χ0n) is 15.2. The normalized spacial score (nSPS) is 13.9. The van der Waals surface area contributed by atoms with Crippen LogP contribution in [-0.4, -0.2) is 32.1 Å². The number of aromatic nitrogens is 2. The molecule has 0 saturated carbocycles. The van der Waals surface area contributed by atoms with Gasteiger partial charge < -0.3 is 5.32 Å². The summed E-state index contributed by atoms with van der Waals surface area (Å²) in [4.78, 5) is 24.7. The van der Waals surface area contributed by atoms with E-state index in [9.17, 15) is 14.0 Å². The van der Waals surface area contributed by atoms with Gasteiger partial charge in [-0.3, -0.25) is 9.59 Å². The highest BCUT2D eigenvalue weighted by molar-refractivity contribution is 7.03. The summed E-state index contributed by atoms with van der Waals surface area (Å²) in [5.41, 5.74) is 3.31. The molecule has 1 aliphatic rings. The van der Waals surface area contributed by atoms with Crippen LogP contribution in [0.5, 0.6) is 0 Å². The molecule has 0 radical (unpaired) electrons. The van der Waals surface area contributed by atoms with Crippen LogP contribution in [0.25, 0.3) is 11.3 Å². The maximum atomic E-state index is 13.1. The van der Waals surface area contributed by atoms with Gasteiger partial charge in [-0.05, 0) is 41.4 Å². The van der Waals surface area contributed by atoms with Gasteiger partial charge in [-0.1, -0.05) is 28.8 Å². The first-order valence-electron chi connectivity index (χ1n) is 8.89. The zero-order valence-corrected chi connectivity index (χ0v) is 16.0. The van der Waals surface area contributed by atoms with Crippen LogP contribution in [0.3, 0.4) is 0 Å². The van der Waals surface area contributed by atoms with Gasteiger partial charge in [-0.15, -0.1) is 5.10 Å². The number of benzene rings is 2. The lowest BCUT2D eigenvalue weighted by atomic mass is 10.1. The molecule has 2 aromatic carbocycles. The topological polar surface area (TPSA) is 87.6 Å². The molecular weight excluding hydrogens is 393 g/mol. The monoisotopic (exact) mass is 409 g/mol. The Morgan fingerprint density at radius 2 is 1.86 bits per heavy atom. The lowest BCUT2D eigenvalue weighted by Crippen LogP contribution is -2.36. The fourth-order valence-electron chi connectivity index (χ4n) is 2.87. The average Bonchev–Trinajstić information content (AvgIpc) is 3.27. The number of rotatable bonds is 5. The molecule has 0 aliphatic carbocycles. The van der Waals surface area contributed by atoms with Crippen LogP contribution in [0.15, 0.2) is 59.0 Å². The number of nitrogens with zero attached hydrogens (tertiary/aromatic N) is 4. The summed E-state index contributed by atoms with van der Waals surface area (Å²) in [5, 5.41) is 14.1. The molecule has 0 bridgehead atoms. The third kappa shape index (κ3) is 4.52. The molecule has 1 aromatic heterocycles. The quantitative estimate of drug-likeness (QED) is 0.699. The summed E-state index contributed by atoms with van der Waals surface area (Å²) < 4.78 is 16.9. The second-order valence-electron chi connectivity index (χ2n) is 6.45. The third-order valence-corrected chi connectivity index (χ3v) is 4.92. The van der Waals surface area contributed by atoms with E-state index in [0.29, 0.717) is 5.69 Å². The molecule has 7 nitrogen and oxygen atoms in total. The van der Waals surface area contributed by atoms with Crippen molar-refractivity contribution in [2.24, 2.45) is 5.10 Å². The first-order chi connectivity index (χ1) is 14.1. The molecular formula is C20H16FN5O2S. The zero-order chi connectivity index (χ0) is 20.2. The van der Waals surface area contributed by atoms with E-state index < -0.39 is 0 Å². The van der Waals surface area contributed by atoms with Crippen molar-refractivity contribution in [3.05, 3.63) is 65.3 Å². The summed E-state index contributed by atoms with van der Waals surface area (Å²) in [6.45, 7) is 0.187. The molecule has 4 rings (SSSR count). The Morgan fingerprint density at radius 3 is 2.55 bits per heavy atom. The fraction of sp³-hybridized carbons (Fsp3) is 0.150. The first kappa shape index (κ1) is 18.9. The van der Waals surface area contributed by atoms with Gasteiger partial charge in [0.15, 0.2) is 0 Å². The van der Waals surface area contributed by atoms with Crippen molar-refractivity contribution in [2.75, 3.05) is 5.32 Å². The maximum Gasteiger partial charge on any atom is 0.271 e. The Hall–Kier alpha value is -3.46. The van der Waals surface area contributed by atoms with Crippen LogP contribution in [0.1, 0.15) is 18.4 Å². The predicted octanol–water partition coefficient (Wildman–Crippen LogP) is 3.46. The lowest BCUT2D eigenvalue weighted by molar-refractivity contribution is -0.132. The number of carbonyl (C=O) groups excluding carboxylic acids is 2. The molecule has 0 saturated heterocycles. The summed E-state index contributed by atoms with van der Waals surface area (Å²) in [5.74, 6) is -0.879. The van der Waals surface area contributed by atoms with E-state index in [0.717, 1.165) is 16.8 Å². The van der Waals surface area contributed by atoms with E-state index in [2.05, 4.69) is 20.0 Å². The van der Waals surface area contributed by atoms with Crippen LogP contribution in [0, 0.1) is 5.82 Å². The summed E-state index contributed by atoms with van der Waals surface area (Å²) in [7, 11) is 0. The molecule has 29 heavy (non-hydrogen) atoms. The minimum atomic E-state index is -0.357. The van der Waals surface area contributed by atoms with E-state index in [1.807, 2.05) is 17.5 Å². The van der Waals surface area contributed by atoms with Crippen molar-refractivity contribution in [3.8, 4) is 11.3 Å². The van der Waals surface area contributed by atoms with Gasteiger partial charge in [-0.2, -0.15) is 5.10 Å². The van der Waals surface area contributed by atoms with E-state index in [1.54, 1.807) is 24.3 Å². The van der Waals surface area contributed by atoms with Crippen LogP contribution < -0.4 is 5.32 Å². The van der Waals surface area contributed by atoms with Crippen LogP contribution in [0.2, 0.25) is 0 Å². The second-order valence-corrected chi connectivity index (χ2v) is 7.06. The van der Waals surface area contributed by atoms with Crippen molar-refractivity contribution in [2.45, 2.75) is 19.4 Å². The number of anilines is 1. The van der Waals surface area contributed by atoms with Gasteiger partial charge >= 0.3 is 0 Å². The maximum absolute atomic E-state index is 13.1. The molecule has 1 aliphatic heterocycles. The lowest BCUT2D eigenvalue weighted by Gasteiger charge is -2.23. The second kappa shape index (κ2) is 8.27. The van der Waals surface area contributed by atoms with Crippen molar-refractivity contribution >= 4 is 34.7 Å². The van der Waals surface area contributed by atoms with Crippen molar-refractivity contribution in [3.63, 3.8) is 0 Å². The smallest absolute Gasteiger partial charge is 0.271 e. The van der Waals surface area contributed by atoms with Crippen molar-refractivity contribution in [1.29, 1.82) is 0 Å². The van der Waals surface area contributed by atoms with Gasteiger partial charge in [0.05, 0.1) is 6.54 Å². The van der Waals surface area contributed by atoms with Crippen LogP contribution in [-0.2, 0) is 16.1 Å². The van der Waals surface area contributed by atoms with E-state index in [-0.39, 0.29) is 42.7 Å². The molecule has 0 fully saturated rings. The first-order valence-corrected chi connectivity index (χ1v) is 9.73. The SMILES string of the molecule is O=C(Nc1ccc(-c2csnn2)cc1)C1=NN(Cc2ccc(F)cc2)C(=O)CC1. The number of hydrogen-bond donors (Lipinski definition) is 1. The van der Waals surface area contributed by atoms with E-state index in [4.69, 9.17) is 0 Å². The highest BCUT2D eigenvalue weighted by atomic mass is 32.1. The number of nitrogens with one attached hydrogen (secondary N) is 1. The predicted molar refractivity (Wildman–Crippen MR) is 108 cm³/mol. The highest BCUT2D eigenvalue weighted by Crippen LogP contribution is 2.21. The summed E-state index contributed by atoms with van der Waals surface area (Å²) in [6.07, 6.45) is 0.469. The molecule has 9 heteroatoms. The molecule has 0 unspecified atom stereocenters. The molecule has 2 amide bonds. The molecule has 146 valence electrons. The molecule has 1 N–H and O–H groups in total. The molecule has 2 heterocycles. The van der Waals surface area contributed by atoms with Gasteiger partial charge in [0, 0.05) is 29.5 Å². The summed E-state index contributed by atoms with van der Waals surface area (Å²) >= 11 is 1.27. The van der Waals surface area contributed by atoms with Gasteiger partial charge in [0.25, 0.3) is 5.91 Å². The number of amides is 2. The van der Waals surface area contributed by atoms with Crippen molar-refractivity contribution < 1.29 is 14.0 Å². The largest absolute Gasteiger partial charge is 0.321 e. The minimum absolute atomic E-state index is 0.174.